The van der Waals surface area contributed by atoms with E-state index in [0.717, 1.165) is 87.8 Å². The van der Waals surface area contributed by atoms with Gasteiger partial charge in [0.2, 0.25) is 0 Å². The molecular weight excluding hydrogens is 508 g/mol. The maximum Gasteiger partial charge on any atom is 0.408 e. The van der Waals surface area contributed by atoms with Gasteiger partial charge in [-0.2, -0.15) is 0 Å². The number of nitroso groups, excluding NO2 is 1. The zero-order valence-corrected chi connectivity index (χ0v) is 23.1. The van der Waals surface area contributed by atoms with Crippen LogP contribution in [-0.4, -0.2) is 48.4 Å². The topological polar surface area (TPSA) is 119 Å². The van der Waals surface area contributed by atoms with Gasteiger partial charge in [0.1, 0.15) is 18.0 Å². The molecule has 2 N–H and O–H groups in total. The minimum atomic E-state index is -1.05. The predicted octanol–water partition coefficient (Wildman–Crippen LogP) is 5.67. The molecule has 3 atom stereocenters. The molecule has 2 aliphatic carbocycles. The lowest BCUT2D eigenvalue weighted by Gasteiger charge is -2.35. The Balaban J connectivity index is 1.02. The van der Waals surface area contributed by atoms with Gasteiger partial charge < -0.3 is 20.1 Å². The van der Waals surface area contributed by atoms with Crippen LogP contribution in [0.4, 0.5) is 10.6 Å². The van der Waals surface area contributed by atoms with E-state index in [0.29, 0.717) is 5.92 Å². The highest BCUT2D eigenvalue weighted by Crippen LogP contribution is 2.35. The van der Waals surface area contributed by atoms with E-state index < -0.39 is 18.0 Å². The first-order valence-corrected chi connectivity index (χ1v) is 14.8. The van der Waals surface area contributed by atoms with Gasteiger partial charge in [-0.15, -0.1) is 4.91 Å². The maximum absolute atomic E-state index is 12.7. The second-order valence-electron chi connectivity index (χ2n) is 11.4. The number of aromatic nitrogens is 1. The average molecular weight is 549 g/mol. The monoisotopic (exact) mass is 548 g/mol. The van der Waals surface area contributed by atoms with Crippen LogP contribution in [0.25, 0.3) is 0 Å². The summed E-state index contributed by atoms with van der Waals surface area (Å²) in [6, 6.07) is 13.3. The highest BCUT2D eigenvalue weighted by atomic mass is 16.6. The van der Waals surface area contributed by atoms with Crippen molar-refractivity contribution in [3.63, 3.8) is 0 Å². The Morgan fingerprint density at radius 1 is 1.07 bits per heavy atom. The molecule has 2 saturated carbocycles. The molecule has 1 aromatic heterocycles. The van der Waals surface area contributed by atoms with Crippen molar-refractivity contribution in [1.82, 2.24) is 10.3 Å². The summed E-state index contributed by atoms with van der Waals surface area (Å²) in [7, 11) is 0. The lowest BCUT2D eigenvalue weighted by molar-refractivity contribution is -0.120. The van der Waals surface area contributed by atoms with Crippen LogP contribution in [-0.2, 0) is 27.1 Å². The van der Waals surface area contributed by atoms with Crippen molar-refractivity contribution in [1.29, 1.82) is 0 Å². The number of carbonyl (C=O) groups excluding carboxylic acids is 2. The van der Waals surface area contributed by atoms with E-state index in [1.54, 1.807) is 0 Å². The first-order valence-electron chi connectivity index (χ1n) is 14.8. The van der Waals surface area contributed by atoms with Gasteiger partial charge in [-0.25, -0.2) is 9.78 Å². The van der Waals surface area contributed by atoms with Gasteiger partial charge in [-0.3, -0.25) is 4.79 Å². The number of alkyl carbamates (subject to hydrolysis) is 1. The van der Waals surface area contributed by atoms with Crippen LogP contribution in [0, 0.1) is 10.8 Å². The summed E-state index contributed by atoms with van der Waals surface area (Å²) in [5, 5.41) is 8.51. The van der Waals surface area contributed by atoms with Crippen LogP contribution in [0.1, 0.15) is 80.5 Å². The predicted molar refractivity (Wildman–Crippen MR) is 152 cm³/mol. The molecular formula is C31H40N4O5. The fraction of sp³-hybridized carbons (Fsp3) is 0.581. The number of amides is 2. The largest absolute Gasteiger partial charge is 0.446 e. The Morgan fingerprint density at radius 3 is 2.73 bits per heavy atom. The number of nitrogens with zero attached hydrogens (tertiary/aromatic N) is 2. The van der Waals surface area contributed by atoms with E-state index in [2.05, 4.69) is 40.1 Å². The summed E-state index contributed by atoms with van der Waals surface area (Å²) >= 11 is 0. The van der Waals surface area contributed by atoms with Gasteiger partial charge in [-0.05, 0) is 80.9 Å². The lowest BCUT2D eigenvalue weighted by Crippen LogP contribution is -2.44. The number of pyridine rings is 1. The maximum atomic E-state index is 12.7. The normalized spacial score (nSPS) is 24.5. The molecule has 2 amide bonds. The zero-order chi connectivity index (χ0) is 27.7. The summed E-state index contributed by atoms with van der Waals surface area (Å²) in [5.74, 6) is 0.835. The van der Waals surface area contributed by atoms with Crippen LogP contribution in [0.2, 0.25) is 0 Å². The number of anilines is 1. The van der Waals surface area contributed by atoms with E-state index >= 15 is 0 Å². The molecule has 2 fully saturated rings. The van der Waals surface area contributed by atoms with Gasteiger partial charge in [0.05, 0.1) is 6.10 Å². The number of benzene rings is 1. The smallest absolute Gasteiger partial charge is 0.408 e. The van der Waals surface area contributed by atoms with Crippen molar-refractivity contribution in [3.05, 3.63) is 64.2 Å². The molecule has 1 unspecified atom stereocenters. The molecule has 9 heteroatoms. The quantitative estimate of drug-likeness (QED) is 0.347. The van der Waals surface area contributed by atoms with E-state index in [1.807, 2.05) is 18.2 Å². The van der Waals surface area contributed by atoms with Crippen LogP contribution >= 0.6 is 0 Å². The number of aryl methyl sites for hydroxylation is 2. The van der Waals surface area contributed by atoms with E-state index in [1.165, 1.54) is 5.56 Å². The summed E-state index contributed by atoms with van der Waals surface area (Å²) in [5.41, 5.74) is 3.58. The number of carbonyl (C=O) groups is 2. The molecule has 1 aromatic carbocycles. The molecule has 3 aliphatic rings. The molecule has 2 heterocycles. The third kappa shape index (κ3) is 7.44. The van der Waals surface area contributed by atoms with Gasteiger partial charge >= 0.3 is 12.0 Å². The van der Waals surface area contributed by atoms with E-state index in [4.69, 9.17) is 14.5 Å². The standard InChI is InChI=1S/C31H40N4O5/c36-30(35-38)27(34-31(37)40-28-11-5-4-10-26(28)22-7-2-1-3-8-22)16-18-39-25-19-21(20-25)12-14-24-15-13-23-9-6-17-32-29(23)33-24/h1-3,7-8,13,15,21,25-28H,4-6,9-12,14,16-20H2,(H,32,33)(H,34,37)/t21?,25?,26?,27-,28-/m0/s1. The van der Waals surface area contributed by atoms with Gasteiger partial charge in [0.15, 0.2) is 0 Å². The summed E-state index contributed by atoms with van der Waals surface area (Å²) < 4.78 is 11.7. The zero-order valence-electron chi connectivity index (χ0n) is 23.1. The SMILES string of the molecule is O=NC(=O)[C@H](CCOC1CC(CCc2ccc3c(n2)NCCC3)C1)NC(=O)O[C@H]1CCCCC1c1ccccc1. The molecule has 214 valence electrons. The van der Waals surface area contributed by atoms with Crippen molar-refractivity contribution in [2.24, 2.45) is 11.1 Å². The molecule has 0 bridgehead atoms. The number of nitrogens with one attached hydrogen (secondary N) is 2. The number of hydrogen-bond donors (Lipinski definition) is 2. The Hall–Kier alpha value is -3.33. The first-order chi connectivity index (χ1) is 19.6. The first kappa shape index (κ1) is 28.2. The molecule has 9 nitrogen and oxygen atoms in total. The van der Waals surface area contributed by atoms with Crippen molar-refractivity contribution >= 4 is 17.8 Å². The second-order valence-corrected chi connectivity index (χ2v) is 11.4. The molecule has 0 spiro atoms. The fourth-order valence-electron chi connectivity index (χ4n) is 6.21. The van der Waals surface area contributed by atoms with Crippen molar-refractivity contribution in [2.75, 3.05) is 18.5 Å². The van der Waals surface area contributed by atoms with E-state index in [-0.39, 0.29) is 31.2 Å². The summed E-state index contributed by atoms with van der Waals surface area (Å²) in [6.07, 6.45) is 9.33. The van der Waals surface area contributed by atoms with Crippen molar-refractivity contribution < 1.29 is 19.1 Å². The van der Waals surface area contributed by atoms with Crippen molar-refractivity contribution in [2.45, 2.75) is 94.8 Å². The molecule has 0 saturated heterocycles. The summed E-state index contributed by atoms with van der Waals surface area (Å²) in [6.45, 7) is 1.25. The number of rotatable bonds is 11. The van der Waals surface area contributed by atoms with Crippen molar-refractivity contribution in [3.8, 4) is 0 Å². The van der Waals surface area contributed by atoms with Crippen LogP contribution < -0.4 is 10.6 Å². The van der Waals surface area contributed by atoms with Crippen LogP contribution in [0.3, 0.4) is 0 Å². The molecule has 2 aromatic rings. The van der Waals surface area contributed by atoms with Crippen LogP contribution in [0.15, 0.2) is 47.6 Å². The molecule has 5 rings (SSSR count). The second kappa shape index (κ2) is 13.8. The highest BCUT2D eigenvalue weighted by Gasteiger charge is 2.32. The summed E-state index contributed by atoms with van der Waals surface area (Å²) in [4.78, 5) is 40.6. The van der Waals surface area contributed by atoms with Gasteiger partial charge in [0, 0.05) is 36.4 Å². The van der Waals surface area contributed by atoms with E-state index in [9.17, 15) is 14.5 Å². The number of hydrogen-bond acceptors (Lipinski definition) is 7. The third-order valence-electron chi connectivity index (χ3n) is 8.58. The Morgan fingerprint density at radius 2 is 1.90 bits per heavy atom. The van der Waals surface area contributed by atoms with Crippen LogP contribution in [0.5, 0.6) is 0 Å². The lowest BCUT2D eigenvalue weighted by atomic mass is 9.79. The number of fused-ring (bicyclic) bond motifs is 1. The third-order valence-corrected chi connectivity index (χ3v) is 8.58. The molecule has 1 aliphatic heterocycles. The molecule has 40 heavy (non-hydrogen) atoms. The Bertz CT molecular complexity index is 1150. The minimum absolute atomic E-state index is 0.119. The van der Waals surface area contributed by atoms with Gasteiger partial charge in [0.25, 0.3) is 0 Å². The van der Waals surface area contributed by atoms with Gasteiger partial charge in [-0.1, -0.05) is 42.8 Å². The Labute approximate surface area is 235 Å². The average Bonchev–Trinajstić information content (AvgIpc) is 2.97. The molecule has 0 radical (unpaired) electrons. The number of ether oxygens (including phenoxy) is 2. The minimum Gasteiger partial charge on any atom is -0.446 e. The fourth-order valence-corrected chi connectivity index (χ4v) is 6.21. The highest BCUT2D eigenvalue weighted by molar-refractivity contribution is 5.86. The Kier molecular flexibility index (Phi) is 9.76.